The van der Waals surface area contributed by atoms with E-state index < -0.39 is 0 Å². The van der Waals surface area contributed by atoms with Crippen molar-refractivity contribution in [1.29, 1.82) is 0 Å². The minimum absolute atomic E-state index is 0.0639. The molecule has 0 amide bonds. The summed E-state index contributed by atoms with van der Waals surface area (Å²) in [5.41, 5.74) is 8.11. The van der Waals surface area contributed by atoms with Crippen molar-refractivity contribution in [2.75, 3.05) is 26.2 Å². The van der Waals surface area contributed by atoms with Crippen LogP contribution in [0.15, 0.2) is 61.2 Å². The molecule has 3 heteroatoms. The topological polar surface area (TPSA) is 29.5 Å². The maximum absolute atomic E-state index is 12.6. The van der Waals surface area contributed by atoms with Gasteiger partial charge >= 0.3 is 0 Å². The van der Waals surface area contributed by atoms with Crippen molar-refractivity contribution in [2.24, 2.45) is 5.92 Å². The van der Waals surface area contributed by atoms with Crippen LogP contribution in [0.3, 0.4) is 0 Å². The zero-order valence-electron chi connectivity index (χ0n) is 24.1. The Labute approximate surface area is 220 Å². The quantitative estimate of drug-likeness (QED) is 0.180. The van der Waals surface area contributed by atoms with Crippen LogP contribution in [0.4, 0.5) is 0 Å². The lowest BCUT2D eigenvalue weighted by molar-refractivity contribution is -0.111. The number of aryl methyl sites for hydroxylation is 1. The van der Waals surface area contributed by atoms with E-state index >= 15 is 0 Å². The normalized spacial score (nSPS) is 11.5. The number of Topliss-reactive ketones (excluding diaryl/α,β-unsaturated/α-hetero) is 1. The summed E-state index contributed by atoms with van der Waals surface area (Å²) in [7, 11) is 0. The summed E-state index contributed by atoms with van der Waals surface area (Å²) in [5.74, 6) is 1.57. The average Bonchev–Trinajstić information content (AvgIpc) is 2.83. The van der Waals surface area contributed by atoms with Crippen molar-refractivity contribution in [3.63, 3.8) is 0 Å². The van der Waals surface area contributed by atoms with Crippen LogP contribution in [-0.4, -0.2) is 36.9 Å². The predicted molar refractivity (Wildman–Crippen MR) is 158 cm³/mol. The minimum Gasteiger partial charge on any atom is -0.492 e. The molecule has 0 saturated heterocycles. The molecule has 2 aromatic rings. The maximum Gasteiger partial charge on any atom is 0.160 e. The molecule has 0 saturated carbocycles. The third-order valence-electron chi connectivity index (χ3n) is 6.57. The Morgan fingerprint density at radius 3 is 1.89 bits per heavy atom. The summed E-state index contributed by atoms with van der Waals surface area (Å²) in [6, 6.07) is 14.2. The summed E-state index contributed by atoms with van der Waals surface area (Å²) in [6.45, 7) is 29.8. The van der Waals surface area contributed by atoms with E-state index in [1.54, 1.807) is 6.92 Å². The molecule has 2 aromatic carbocycles. The lowest BCUT2D eigenvalue weighted by Gasteiger charge is -2.18. The zero-order chi connectivity index (χ0) is 27.4. The van der Waals surface area contributed by atoms with Gasteiger partial charge in [0.1, 0.15) is 12.4 Å². The van der Waals surface area contributed by atoms with E-state index in [0.717, 1.165) is 64.4 Å². The number of nitrogens with zero attached hydrogens (tertiary/aromatic N) is 1. The Hall–Kier alpha value is -2.91. The number of benzene rings is 2. The van der Waals surface area contributed by atoms with Crippen LogP contribution in [0.25, 0.3) is 16.7 Å². The monoisotopic (exact) mass is 489 g/mol. The van der Waals surface area contributed by atoms with Crippen molar-refractivity contribution in [3.8, 4) is 5.75 Å². The van der Waals surface area contributed by atoms with Crippen molar-refractivity contribution >= 4 is 22.5 Å². The second-order valence-corrected chi connectivity index (χ2v) is 9.77. The van der Waals surface area contributed by atoms with Gasteiger partial charge in [0.05, 0.1) is 0 Å². The summed E-state index contributed by atoms with van der Waals surface area (Å²) in [4.78, 5) is 14.9. The zero-order valence-corrected chi connectivity index (χ0v) is 24.1. The molecule has 0 bridgehead atoms. The standard InChI is InChI=1S/C27H35NO2.C6H12/c1-8-28(9-2)16-17-30-25-14-12-23(13-15-25)21(6)27(22(7)29)26-18-24(19(3)4)11-10-20(26)5;1-5(2)6(3)4/h10-15,18H,3,8-9,16-17H2,1-2,4-7H3;6H,1H2,2-4H3/b27-21-;. The van der Waals surface area contributed by atoms with Crippen molar-refractivity contribution in [1.82, 2.24) is 4.90 Å². The number of hydrogen-bond acceptors (Lipinski definition) is 3. The van der Waals surface area contributed by atoms with Crippen molar-refractivity contribution in [3.05, 3.63) is 83.4 Å². The van der Waals surface area contributed by atoms with Gasteiger partial charge < -0.3 is 9.64 Å². The second-order valence-electron chi connectivity index (χ2n) is 9.77. The number of carbonyl (C=O) groups is 1. The van der Waals surface area contributed by atoms with E-state index in [1.165, 1.54) is 5.57 Å². The van der Waals surface area contributed by atoms with Gasteiger partial charge in [-0.25, -0.2) is 0 Å². The highest BCUT2D eigenvalue weighted by Crippen LogP contribution is 2.31. The van der Waals surface area contributed by atoms with Crippen molar-refractivity contribution < 1.29 is 9.53 Å². The summed E-state index contributed by atoms with van der Waals surface area (Å²) in [6.07, 6.45) is 0. The Morgan fingerprint density at radius 1 is 0.917 bits per heavy atom. The Kier molecular flexibility index (Phi) is 13.2. The van der Waals surface area contributed by atoms with Gasteiger partial charge in [0.2, 0.25) is 0 Å². The van der Waals surface area contributed by atoms with Gasteiger partial charge in [0.15, 0.2) is 5.78 Å². The number of ketones is 1. The highest BCUT2D eigenvalue weighted by atomic mass is 16.5. The Balaban J connectivity index is 0.000000960. The molecule has 0 heterocycles. The molecular formula is C33H47NO2. The molecule has 0 radical (unpaired) electrons. The fourth-order valence-electron chi connectivity index (χ4n) is 3.59. The molecule has 0 aliphatic heterocycles. The first kappa shape index (κ1) is 31.1. The van der Waals surface area contributed by atoms with Gasteiger partial charge in [-0.3, -0.25) is 4.79 Å². The average molecular weight is 490 g/mol. The third-order valence-corrected chi connectivity index (χ3v) is 6.57. The first-order valence-corrected chi connectivity index (χ1v) is 13.0. The number of ether oxygens (including phenoxy) is 1. The number of carbonyl (C=O) groups excluding carboxylic acids is 1. The lowest BCUT2D eigenvalue weighted by atomic mass is 9.89. The van der Waals surface area contributed by atoms with Gasteiger partial charge in [-0.1, -0.05) is 76.3 Å². The number of rotatable bonds is 11. The fourth-order valence-corrected chi connectivity index (χ4v) is 3.59. The van der Waals surface area contributed by atoms with E-state index in [-0.39, 0.29) is 5.78 Å². The summed E-state index contributed by atoms with van der Waals surface area (Å²) in [5, 5.41) is 0. The van der Waals surface area contributed by atoms with E-state index in [9.17, 15) is 4.79 Å². The third kappa shape index (κ3) is 9.62. The highest BCUT2D eigenvalue weighted by Gasteiger charge is 2.16. The Bertz CT molecular complexity index is 1050. The molecule has 2 rings (SSSR count). The molecule has 0 fully saturated rings. The van der Waals surface area contributed by atoms with E-state index in [1.807, 2.05) is 52.0 Å². The van der Waals surface area contributed by atoms with Gasteiger partial charge in [-0.05, 0) is 99.7 Å². The minimum atomic E-state index is 0.0639. The molecule has 0 aliphatic rings. The molecule has 196 valence electrons. The molecule has 0 spiro atoms. The molecule has 0 N–H and O–H groups in total. The van der Waals surface area contributed by atoms with Crippen LogP contribution in [0.2, 0.25) is 0 Å². The molecular weight excluding hydrogens is 442 g/mol. The largest absolute Gasteiger partial charge is 0.492 e. The first-order chi connectivity index (χ1) is 16.9. The van der Waals surface area contributed by atoms with Crippen LogP contribution in [-0.2, 0) is 4.79 Å². The van der Waals surface area contributed by atoms with Crippen molar-refractivity contribution in [2.45, 2.75) is 62.3 Å². The van der Waals surface area contributed by atoms with Crippen LogP contribution in [0, 0.1) is 12.8 Å². The fraction of sp³-hybridized carbons (Fsp3) is 0.424. The van der Waals surface area contributed by atoms with Crippen LogP contribution < -0.4 is 4.74 Å². The molecule has 0 aliphatic carbocycles. The van der Waals surface area contributed by atoms with E-state index in [0.29, 0.717) is 12.5 Å². The van der Waals surface area contributed by atoms with E-state index in [4.69, 9.17) is 4.74 Å². The SMILES string of the molecule is C=C(C)C(C)C.C=C(C)c1ccc(C)c(/C(C(C)=O)=C(/C)c2ccc(OCCN(CC)CC)cc2)c1. The Morgan fingerprint density at radius 2 is 1.44 bits per heavy atom. The van der Waals surface area contributed by atoms with Crippen LogP contribution >= 0.6 is 0 Å². The molecule has 0 unspecified atom stereocenters. The van der Waals surface area contributed by atoms with Gasteiger partial charge in [-0.15, -0.1) is 0 Å². The lowest BCUT2D eigenvalue weighted by Crippen LogP contribution is -2.27. The van der Waals surface area contributed by atoms with Gasteiger partial charge in [-0.2, -0.15) is 0 Å². The summed E-state index contributed by atoms with van der Waals surface area (Å²) < 4.78 is 5.89. The van der Waals surface area contributed by atoms with Gasteiger partial charge in [0.25, 0.3) is 0 Å². The maximum atomic E-state index is 12.6. The second kappa shape index (κ2) is 15.3. The molecule has 36 heavy (non-hydrogen) atoms. The summed E-state index contributed by atoms with van der Waals surface area (Å²) >= 11 is 0. The smallest absolute Gasteiger partial charge is 0.160 e. The number of likely N-dealkylation sites (N-methyl/N-ethyl adjacent to an activating group) is 1. The number of allylic oxidation sites excluding steroid dienone is 4. The predicted octanol–water partition coefficient (Wildman–Crippen LogP) is 8.49. The van der Waals surface area contributed by atoms with E-state index in [2.05, 4.69) is 64.0 Å². The number of hydrogen-bond donors (Lipinski definition) is 0. The molecule has 0 aromatic heterocycles. The molecule has 0 atom stereocenters. The first-order valence-electron chi connectivity index (χ1n) is 13.0. The highest BCUT2D eigenvalue weighted by molar-refractivity contribution is 6.27. The molecule has 3 nitrogen and oxygen atoms in total. The van der Waals surface area contributed by atoms with Crippen LogP contribution in [0.5, 0.6) is 5.75 Å². The van der Waals surface area contributed by atoms with Crippen LogP contribution in [0.1, 0.15) is 77.6 Å². The van der Waals surface area contributed by atoms with Gasteiger partial charge in [0, 0.05) is 12.1 Å².